The van der Waals surface area contributed by atoms with Crippen LogP contribution in [0.5, 0.6) is 11.5 Å². The quantitative estimate of drug-likeness (QED) is 0.865. The number of rotatable bonds is 6. The number of ether oxygens (including phenoxy) is 2. The van der Waals surface area contributed by atoms with Gasteiger partial charge in [0.15, 0.2) is 11.5 Å². The predicted octanol–water partition coefficient (Wildman–Crippen LogP) is 3.61. The molecule has 1 N–H and O–H groups in total. The Hall–Kier alpha value is -1.23. The van der Waals surface area contributed by atoms with Crippen molar-refractivity contribution in [1.29, 1.82) is 0 Å². The molecule has 0 spiro atoms. The van der Waals surface area contributed by atoms with E-state index in [0.717, 1.165) is 10.0 Å². The van der Waals surface area contributed by atoms with Crippen molar-refractivity contribution >= 4 is 21.9 Å². The van der Waals surface area contributed by atoms with Crippen molar-refractivity contribution in [3.05, 3.63) is 22.2 Å². The van der Waals surface area contributed by atoms with Crippen LogP contribution in [0.4, 0.5) is 0 Å². The van der Waals surface area contributed by atoms with Crippen LogP contribution in [0.2, 0.25) is 0 Å². The summed E-state index contributed by atoms with van der Waals surface area (Å²) in [7, 11) is 1.57. The molecular formula is C14H19BrO4. The molecule has 0 bridgehead atoms. The lowest BCUT2D eigenvalue weighted by molar-refractivity contribution is -0.138. The van der Waals surface area contributed by atoms with Crippen LogP contribution in [0.15, 0.2) is 16.6 Å². The standard InChI is InChI=1S/C14H19BrO4/c1-5-19-11-7-9(6-10(15)13(11)18-4)14(2,3)8-12(16)17/h6-7H,5,8H2,1-4H3,(H,16,17). The molecule has 0 aliphatic rings. The number of hydrogen-bond acceptors (Lipinski definition) is 3. The number of benzene rings is 1. The summed E-state index contributed by atoms with van der Waals surface area (Å²) in [6, 6.07) is 3.72. The van der Waals surface area contributed by atoms with E-state index >= 15 is 0 Å². The molecule has 106 valence electrons. The summed E-state index contributed by atoms with van der Waals surface area (Å²) >= 11 is 3.43. The van der Waals surface area contributed by atoms with E-state index in [0.29, 0.717) is 18.1 Å². The number of hydrogen-bond donors (Lipinski definition) is 1. The molecule has 5 heteroatoms. The van der Waals surface area contributed by atoms with Gasteiger partial charge in [0.25, 0.3) is 0 Å². The molecule has 0 heterocycles. The van der Waals surface area contributed by atoms with E-state index in [1.54, 1.807) is 7.11 Å². The van der Waals surface area contributed by atoms with Gasteiger partial charge in [-0.3, -0.25) is 4.79 Å². The molecule has 4 nitrogen and oxygen atoms in total. The molecule has 1 rings (SSSR count). The fourth-order valence-electron chi connectivity index (χ4n) is 1.90. The van der Waals surface area contributed by atoms with Crippen molar-refractivity contribution in [2.24, 2.45) is 0 Å². The first-order valence-electron chi connectivity index (χ1n) is 6.04. The van der Waals surface area contributed by atoms with E-state index in [-0.39, 0.29) is 6.42 Å². The summed E-state index contributed by atoms with van der Waals surface area (Å²) in [5, 5.41) is 8.99. The van der Waals surface area contributed by atoms with Gasteiger partial charge in [0.05, 0.1) is 24.6 Å². The minimum absolute atomic E-state index is 0.0529. The van der Waals surface area contributed by atoms with Gasteiger partial charge in [-0.05, 0) is 40.5 Å². The molecule has 0 amide bonds. The highest BCUT2D eigenvalue weighted by molar-refractivity contribution is 9.10. The molecule has 19 heavy (non-hydrogen) atoms. The molecule has 0 aliphatic carbocycles. The van der Waals surface area contributed by atoms with Crippen LogP contribution < -0.4 is 9.47 Å². The van der Waals surface area contributed by atoms with Gasteiger partial charge in [-0.2, -0.15) is 0 Å². The lowest BCUT2D eigenvalue weighted by atomic mass is 9.81. The van der Waals surface area contributed by atoms with E-state index in [1.807, 2.05) is 32.9 Å². The number of methoxy groups -OCH3 is 1. The summed E-state index contributed by atoms with van der Waals surface area (Å²) in [6.45, 7) is 6.20. The van der Waals surface area contributed by atoms with Gasteiger partial charge in [0.1, 0.15) is 0 Å². The molecule has 0 aromatic heterocycles. The highest BCUT2D eigenvalue weighted by atomic mass is 79.9. The monoisotopic (exact) mass is 330 g/mol. The Bertz CT molecular complexity index is 469. The Labute approximate surface area is 121 Å². The Morgan fingerprint density at radius 1 is 1.42 bits per heavy atom. The van der Waals surface area contributed by atoms with Gasteiger partial charge in [0, 0.05) is 5.41 Å². The number of aliphatic carboxylic acids is 1. The van der Waals surface area contributed by atoms with Gasteiger partial charge >= 0.3 is 5.97 Å². The Balaban J connectivity index is 3.26. The minimum Gasteiger partial charge on any atom is -0.492 e. The molecule has 0 saturated heterocycles. The zero-order valence-electron chi connectivity index (χ0n) is 11.6. The second-order valence-corrected chi connectivity index (χ2v) is 5.73. The van der Waals surface area contributed by atoms with E-state index in [1.165, 1.54) is 0 Å². The number of carboxylic acids is 1. The molecule has 0 saturated carbocycles. The van der Waals surface area contributed by atoms with E-state index in [4.69, 9.17) is 14.6 Å². The first kappa shape index (κ1) is 15.8. The molecule has 1 aromatic rings. The van der Waals surface area contributed by atoms with Gasteiger partial charge in [0.2, 0.25) is 0 Å². The smallest absolute Gasteiger partial charge is 0.304 e. The maximum Gasteiger partial charge on any atom is 0.304 e. The fourth-order valence-corrected chi connectivity index (χ4v) is 2.50. The Morgan fingerprint density at radius 3 is 2.53 bits per heavy atom. The largest absolute Gasteiger partial charge is 0.492 e. The Kier molecular flexibility index (Phi) is 5.23. The minimum atomic E-state index is -0.824. The summed E-state index contributed by atoms with van der Waals surface area (Å²) < 4.78 is 11.6. The van der Waals surface area contributed by atoms with Crippen LogP contribution in [0.3, 0.4) is 0 Å². The summed E-state index contributed by atoms with van der Waals surface area (Å²) in [5.74, 6) is 0.416. The highest BCUT2D eigenvalue weighted by Crippen LogP contribution is 2.40. The summed E-state index contributed by atoms with van der Waals surface area (Å²) in [6.07, 6.45) is 0.0529. The third-order valence-electron chi connectivity index (χ3n) is 2.89. The second-order valence-electron chi connectivity index (χ2n) is 4.88. The van der Waals surface area contributed by atoms with E-state index in [2.05, 4.69) is 15.9 Å². The first-order valence-corrected chi connectivity index (χ1v) is 6.83. The zero-order chi connectivity index (χ0) is 14.6. The van der Waals surface area contributed by atoms with E-state index in [9.17, 15) is 4.79 Å². The third kappa shape index (κ3) is 3.86. The van der Waals surface area contributed by atoms with Crippen LogP contribution in [0, 0.1) is 0 Å². The summed E-state index contributed by atoms with van der Waals surface area (Å²) in [4.78, 5) is 10.9. The van der Waals surface area contributed by atoms with Gasteiger partial charge in [-0.15, -0.1) is 0 Å². The van der Waals surface area contributed by atoms with Crippen molar-refractivity contribution < 1.29 is 19.4 Å². The fraction of sp³-hybridized carbons (Fsp3) is 0.500. The lowest BCUT2D eigenvalue weighted by Crippen LogP contribution is -2.21. The molecule has 0 unspecified atom stereocenters. The molecule has 0 aliphatic heterocycles. The van der Waals surface area contributed by atoms with Gasteiger partial charge in [-0.25, -0.2) is 0 Å². The van der Waals surface area contributed by atoms with Crippen molar-refractivity contribution in [2.75, 3.05) is 13.7 Å². The maximum atomic E-state index is 10.9. The van der Waals surface area contributed by atoms with Crippen LogP contribution >= 0.6 is 15.9 Å². The predicted molar refractivity (Wildman–Crippen MR) is 77.1 cm³/mol. The average molecular weight is 331 g/mol. The topological polar surface area (TPSA) is 55.8 Å². The average Bonchev–Trinajstić information content (AvgIpc) is 2.27. The molecule has 0 fully saturated rings. The van der Waals surface area contributed by atoms with Crippen molar-refractivity contribution in [3.8, 4) is 11.5 Å². The molecule has 1 aromatic carbocycles. The van der Waals surface area contributed by atoms with E-state index < -0.39 is 11.4 Å². The van der Waals surface area contributed by atoms with Crippen LogP contribution in [0.1, 0.15) is 32.8 Å². The number of carbonyl (C=O) groups is 1. The van der Waals surface area contributed by atoms with Crippen molar-refractivity contribution in [1.82, 2.24) is 0 Å². The molecule has 0 atom stereocenters. The lowest BCUT2D eigenvalue weighted by Gasteiger charge is -2.25. The molecular weight excluding hydrogens is 312 g/mol. The van der Waals surface area contributed by atoms with Gasteiger partial charge in [-0.1, -0.05) is 13.8 Å². The van der Waals surface area contributed by atoms with Crippen molar-refractivity contribution in [3.63, 3.8) is 0 Å². The van der Waals surface area contributed by atoms with Crippen LogP contribution in [0.25, 0.3) is 0 Å². The highest BCUT2D eigenvalue weighted by Gasteiger charge is 2.26. The first-order chi connectivity index (χ1) is 8.81. The normalized spacial score (nSPS) is 11.2. The Morgan fingerprint density at radius 2 is 2.05 bits per heavy atom. The second kappa shape index (κ2) is 6.28. The van der Waals surface area contributed by atoms with Crippen molar-refractivity contribution in [2.45, 2.75) is 32.6 Å². The van der Waals surface area contributed by atoms with Crippen LogP contribution in [-0.2, 0) is 10.2 Å². The SMILES string of the molecule is CCOc1cc(C(C)(C)CC(=O)O)cc(Br)c1OC. The molecule has 0 radical (unpaired) electrons. The zero-order valence-corrected chi connectivity index (χ0v) is 13.2. The van der Waals surface area contributed by atoms with Crippen LogP contribution in [-0.4, -0.2) is 24.8 Å². The summed E-state index contributed by atoms with van der Waals surface area (Å²) in [5.41, 5.74) is 0.415. The third-order valence-corrected chi connectivity index (χ3v) is 3.48. The maximum absolute atomic E-state index is 10.9. The number of carboxylic acid groups (broad SMARTS) is 1. The van der Waals surface area contributed by atoms with Gasteiger partial charge < -0.3 is 14.6 Å². The number of halogens is 1.